The largest absolute Gasteiger partial charge is 0.496 e. The maximum absolute atomic E-state index is 13.1. The number of methoxy groups -OCH3 is 1. The number of aryl methyl sites for hydroxylation is 2. The molecule has 0 unspecified atom stereocenters. The fraction of sp³-hybridized carbons (Fsp3) is 0.409. The first kappa shape index (κ1) is 21.5. The van der Waals surface area contributed by atoms with Crippen LogP contribution in [0.15, 0.2) is 41.3 Å². The Balaban J connectivity index is 1.71. The molecule has 2 aromatic rings. The summed E-state index contributed by atoms with van der Waals surface area (Å²) >= 11 is 0. The number of ether oxygens (including phenoxy) is 1. The standard InChI is InChI=1S/C22H28N2O4S/c1-16-5-8-22(17(2)13-16)29(26,27)24-11-9-23(10-12-24)15-20-14-19(18(3)25)6-7-21(20)28-4/h5-8,13-14H,9-12,15H2,1-4H3/p+1. The lowest BCUT2D eigenvalue weighted by Crippen LogP contribution is -3.13. The van der Waals surface area contributed by atoms with Crippen molar-refractivity contribution >= 4 is 15.8 Å². The number of carbonyl (C=O) groups excluding carboxylic acids is 1. The molecule has 1 N–H and O–H groups in total. The maximum atomic E-state index is 13.1. The van der Waals surface area contributed by atoms with E-state index in [9.17, 15) is 13.2 Å². The summed E-state index contributed by atoms with van der Waals surface area (Å²) in [6, 6.07) is 10.9. The molecule has 1 saturated heterocycles. The molecule has 0 aromatic heterocycles. The Labute approximate surface area is 173 Å². The molecule has 156 valence electrons. The topological polar surface area (TPSA) is 68.1 Å². The molecule has 1 fully saturated rings. The van der Waals surface area contributed by atoms with Gasteiger partial charge in [-0.15, -0.1) is 0 Å². The number of sulfonamides is 1. The van der Waals surface area contributed by atoms with Crippen LogP contribution in [0.3, 0.4) is 0 Å². The molecule has 29 heavy (non-hydrogen) atoms. The lowest BCUT2D eigenvalue weighted by Gasteiger charge is -2.32. The normalized spacial score (nSPS) is 16.0. The summed E-state index contributed by atoms with van der Waals surface area (Å²) in [5.74, 6) is 0.779. The van der Waals surface area contributed by atoms with Crippen LogP contribution < -0.4 is 9.64 Å². The third-order valence-electron chi connectivity index (χ3n) is 5.51. The Bertz CT molecular complexity index is 1010. The molecule has 0 aliphatic carbocycles. The first-order chi connectivity index (χ1) is 13.7. The number of carbonyl (C=O) groups is 1. The quantitative estimate of drug-likeness (QED) is 0.725. The third kappa shape index (κ3) is 4.69. The Morgan fingerprint density at radius 2 is 1.79 bits per heavy atom. The van der Waals surface area contributed by atoms with Crippen molar-refractivity contribution in [1.29, 1.82) is 0 Å². The second-order valence-corrected chi connectivity index (χ2v) is 9.59. The van der Waals surface area contributed by atoms with Gasteiger partial charge in [-0.2, -0.15) is 4.31 Å². The van der Waals surface area contributed by atoms with E-state index in [-0.39, 0.29) is 5.78 Å². The average Bonchev–Trinajstić information content (AvgIpc) is 2.68. The fourth-order valence-electron chi connectivity index (χ4n) is 3.85. The number of hydrogen-bond acceptors (Lipinski definition) is 4. The van der Waals surface area contributed by atoms with Crippen molar-refractivity contribution in [2.45, 2.75) is 32.2 Å². The minimum absolute atomic E-state index is 0.0216. The molecule has 0 saturated carbocycles. The highest BCUT2D eigenvalue weighted by molar-refractivity contribution is 7.89. The lowest BCUT2D eigenvalue weighted by molar-refractivity contribution is -0.917. The van der Waals surface area contributed by atoms with Gasteiger partial charge < -0.3 is 9.64 Å². The molecule has 2 aromatic carbocycles. The second kappa shape index (κ2) is 8.65. The molecule has 6 nitrogen and oxygen atoms in total. The molecule has 7 heteroatoms. The minimum atomic E-state index is -3.49. The molecule has 1 aliphatic heterocycles. The third-order valence-corrected chi connectivity index (χ3v) is 7.56. The van der Waals surface area contributed by atoms with Crippen LogP contribution in [-0.4, -0.2) is 51.8 Å². The molecule has 0 bridgehead atoms. The molecule has 1 heterocycles. The van der Waals surface area contributed by atoms with Gasteiger partial charge in [-0.25, -0.2) is 8.42 Å². The number of quaternary nitrogens is 1. The summed E-state index contributed by atoms with van der Waals surface area (Å²) in [5, 5.41) is 0. The van der Waals surface area contributed by atoms with Crippen LogP contribution in [0.5, 0.6) is 5.75 Å². The van der Waals surface area contributed by atoms with Gasteiger partial charge in [0, 0.05) is 11.1 Å². The van der Waals surface area contributed by atoms with Gasteiger partial charge in [-0.05, 0) is 50.6 Å². The molecule has 1 aliphatic rings. The Morgan fingerprint density at radius 3 is 2.38 bits per heavy atom. The Kier molecular flexibility index (Phi) is 6.41. The summed E-state index contributed by atoms with van der Waals surface area (Å²) in [7, 11) is -1.86. The molecule has 0 spiro atoms. The van der Waals surface area contributed by atoms with Crippen molar-refractivity contribution in [3.63, 3.8) is 0 Å². The zero-order valence-corrected chi connectivity index (χ0v) is 18.3. The van der Waals surface area contributed by atoms with Crippen molar-refractivity contribution in [1.82, 2.24) is 4.31 Å². The highest BCUT2D eigenvalue weighted by atomic mass is 32.2. The van der Waals surface area contributed by atoms with Crippen LogP contribution >= 0.6 is 0 Å². The monoisotopic (exact) mass is 417 g/mol. The molecular formula is C22H29N2O4S+. The van der Waals surface area contributed by atoms with Crippen LogP contribution in [0.25, 0.3) is 0 Å². The zero-order valence-electron chi connectivity index (χ0n) is 17.5. The molecule has 3 rings (SSSR count). The highest BCUT2D eigenvalue weighted by Gasteiger charge is 2.31. The SMILES string of the molecule is COc1ccc(C(C)=O)cc1C[NH+]1CCN(S(=O)(=O)c2ccc(C)cc2C)CC1. The number of Topliss-reactive ketones (excluding diaryl/α,β-unsaturated/α-hetero) is 1. The van der Waals surface area contributed by atoms with E-state index in [1.807, 2.05) is 38.1 Å². The highest BCUT2D eigenvalue weighted by Crippen LogP contribution is 2.22. The predicted molar refractivity (Wildman–Crippen MR) is 112 cm³/mol. The number of nitrogens with zero attached hydrogens (tertiary/aromatic N) is 1. The summed E-state index contributed by atoms with van der Waals surface area (Å²) in [4.78, 5) is 13.4. The minimum Gasteiger partial charge on any atom is -0.496 e. The number of ketones is 1. The Morgan fingerprint density at radius 1 is 1.10 bits per heavy atom. The van der Waals surface area contributed by atoms with Gasteiger partial charge in [0.05, 0.1) is 38.2 Å². The zero-order chi connectivity index (χ0) is 21.2. The number of rotatable bonds is 6. The van der Waals surface area contributed by atoms with E-state index < -0.39 is 10.0 Å². The van der Waals surface area contributed by atoms with Crippen molar-refractivity contribution in [2.24, 2.45) is 0 Å². The predicted octanol–water partition coefficient (Wildman–Crippen LogP) is 1.60. The van der Waals surface area contributed by atoms with E-state index in [1.54, 1.807) is 30.5 Å². The summed E-state index contributed by atoms with van der Waals surface area (Å²) < 4.78 is 33.2. The van der Waals surface area contributed by atoms with E-state index in [4.69, 9.17) is 4.74 Å². The van der Waals surface area contributed by atoms with Gasteiger partial charge >= 0.3 is 0 Å². The van der Waals surface area contributed by atoms with Crippen LogP contribution in [0.1, 0.15) is 34.0 Å². The van der Waals surface area contributed by atoms with Crippen molar-refractivity contribution in [3.05, 3.63) is 58.7 Å². The fourth-order valence-corrected chi connectivity index (χ4v) is 5.50. The van der Waals surface area contributed by atoms with Crippen LogP contribution in [0.2, 0.25) is 0 Å². The average molecular weight is 418 g/mol. The van der Waals surface area contributed by atoms with Crippen molar-refractivity contribution in [2.75, 3.05) is 33.3 Å². The molecular weight excluding hydrogens is 388 g/mol. The summed E-state index contributed by atoms with van der Waals surface area (Å²) in [6.07, 6.45) is 0. The first-order valence-corrected chi connectivity index (χ1v) is 11.2. The van der Waals surface area contributed by atoms with E-state index in [0.29, 0.717) is 43.2 Å². The van der Waals surface area contributed by atoms with E-state index >= 15 is 0 Å². The number of piperazine rings is 1. The van der Waals surface area contributed by atoms with Gasteiger partial charge in [0.2, 0.25) is 10.0 Å². The van der Waals surface area contributed by atoms with Crippen LogP contribution in [0, 0.1) is 13.8 Å². The van der Waals surface area contributed by atoms with Gasteiger partial charge in [-0.1, -0.05) is 17.7 Å². The van der Waals surface area contributed by atoms with E-state index in [0.717, 1.165) is 22.4 Å². The number of nitrogens with one attached hydrogen (secondary N) is 1. The van der Waals surface area contributed by atoms with Crippen LogP contribution in [-0.2, 0) is 16.6 Å². The van der Waals surface area contributed by atoms with Crippen molar-refractivity contribution < 1.29 is 22.8 Å². The first-order valence-electron chi connectivity index (χ1n) is 9.81. The lowest BCUT2D eigenvalue weighted by atomic mass is 10.1. The number of hydrogen-bond donors (Lipinski definition) is 1. The molecule has 0 atom stereocenters. The maximum Gasteiger partial charge on any atom is 0.243 e. The van der Waals surface area contributed by atoms with E-state index in [2.05, 4.69) is 0 Å². The van der Waals surface area contributed by atoms with E-state index in [1.165, 1.54) is 4.90 Å². The van der Waals surface area contributed by atoms with Gasteiger partial charge in [-0.3, -0.25) is 4.79 Å². The van der Waals surface area contributed by atoms with Crippen molar-refractivity contribution in [3.8, 4) is 5.75 Å². The van der Waals surface area contributed by atoms with Crippen LogP contribution in [0.4, 0.5) is 0 Å². The van der Waals surface area contributed by atoms with Gasteiger partial charge in [0.15, 0.2) is 5.78 Å². The van der Waals surface area contributed by atoms with Gasteiger partial charge in [0.25, 0.3) is 0 Å². The smallest absolute Gasteiger partial charge is 0.243 e. The summed E-state index contributed by atoms with van der Waals surface area (Å²) in [5.41, 5.74) is 3.47. The molecule has 0 radical (unpaired) electrons. The number of benzene rings is 2. The Hall–Kier alpha value is -2.22. The molecule has 0 amide bonds. The summed E-state index contributed by atoms with van der Waals surface area (Å²) in [6.45, 7) is 8.40. The second-order valence-electron chi connectivity index (χ2n) is 7.68. The van der Waals surface area contributed by atoms with Gasteiger partial charge in [0.1, 0.15) is 12.3 Å².